The summed E-state index contributed by atoms with van der Waals surface area (Å²) in [6, 6.07) is 4.55. The summed E-state index contributed by atoms with van der Waals surface area (Å²) in [5.74, 6) is -4.46. The first-order valence-corrected chi connectivity index (χ1v) is 7.10. The van der Waals surface area contributed by atoms with Crippen molar-refractivity contribution in [3.63, 3.8) is 0 Å². The zero-order chi connectivity index (χ0) is 17.1. The van der Waals surface area contributed by atoms with E-state index in [1.54, 1.807) is 0 Å². The molecular weight excluding hydrogens is 306 g/mol. The molecule has 6 nitrogen and oxygen atoms in total. The van der Waals surface area contributed by atoms with E-state index >= 15 is 0 Å². The summed E-state index contributed by atoms with van der Waals surface area (Å²) < 4.78 is 27.9. The minimum atomic E-state index is -3.11. The Morgan fingerprint density at radius 1 is 1.48 bits per heavy atom. The highest BCUT2D eigenvalue weighted by molar-refractivity contribution is 5.90. The molecule has 0 atom stereocenters. The average Bonchev–Trinajstić information content (AvgIpc) is 3.25. The lowest BCUT2D eigenvalue weighted by Gasteiger charge is -2.17. The number of nitrogens with one attached hydrogen (secondary N) is 1. The van der Waals surface area contributed by atoms with Gasteiger partial charge in [-0.15, -0.1) is 0 Å². The number of nitrogens with zero attached hydrogens (tertiary/aromatic N) is 2. The van der Waals surface area contributed by atoms with E-state index in [1.165, 1.54) is 18.3 Å². The van der Waals surface area contributed by atoms with E-state index < -0.39 is 36.1 Å². The molecule has 3 N–H and O–H groups in total. The second kappa shape index (κ2) is 6.28. The van der Waals surface area contributed by atoms with Crippen molar-refractivity contribution in [3.8, 4) is 6.07 Å². The summed E-state index contributed by atoms with van der Waals surface area (Å²) in [6.45, 7) is 0. The topological polar surface area (TPSA) is 109 Å². The van der Waals surface area contributed by atoms with Crippen molar-refractivity contribution in [2.24, 2.45) is 5.73 Å². The number of nitrogens with two attached hydrogens (primary N) is 1. The molecule has 1 saturated carbocycles. The zero-order valence-corrected chi connectivity index (χ0v) is 12.3. The Hall–Kier alpha value is -2.56. The lowest BCUT2D eigenvalue weighted by atomic mass is 10.0. The molecule has 1 aliphatic carbocycles. The predicted octanol–water partition coefficient (Wildman–Crippen LogP) is 1.31. The van der Waals surface area contributed by atoms with Gasteiger partial charge in [0.2, 0.25) is 5.91 Å². The van der Waals surface area contributed by atoms with Gasteiger partial charge in [0.05, 0.1) is 6.07 Å². The predicted molar refractivity (Wildman–Crippen MR) is 76.4 cm³/mol. The van der Waals surface area contributed by atoms with Crippen LogP contribution in [0.5, 0.6) is 0 Å². The van der Waals surface area contributed by atoms with Gasteiger partial charge in [-0.3, -0.25) is 14.6 Å². The molecule has 0 aliphatic heterocycles. The fraction of sp³-hybridized carbons (Fsp3) is 0.467. The van der Waals surface area contributed by atoms with Crippen LogP contribution in [0.15, 0.2) is 18.3 Å². The number of hydrogen-bond acceptors (Lipinski definition) is 4. The Kier molecular flexibility index (Phi) is 4.59. The highest BCUT2D eigenvalue weighted by atomic mass is 19.3. The first kappa shape index (κ1) is 16.8. The van der Waals surface area contributed by atoms with Gasteiger partial charge in [-0.05, 0) is 30.5 Å². The normalized spacial score (nSPS) is 15.5. The van der Waals surface area contributed by atoms with Gasteiger partial charge in [0.1, 0.15) is 11.2 Å². The molecule has 1 aliphatic rings. The van der Waals surface area contributed by atoms with Crippen LogP contribution in [0.2, 0.25) is 0 Å². The Labute approximate surface area is 131 Å². The molecular formula is C15H16F2N4O2. The minimum absolute atomic E-state index is 0.0826. The lowest BCUT2D eigenvalue weighted by Crippen LogP contribution is -2.36. The van der Waals surface area contributed by atoms with Gasteiger partial charge < -0.3 is 11.1 Å². The van der Waals surface area contributed by atoms with Crippen LogP contribution in [0, 0.1) is 11.3 Å². The van der Waals surface area contributed by atoms with Gasteiger partial charge in [-0.2, -0.15) is 5.26 Å². The number of nitriles is 1. The van der Waals surface area contributed by atoms with Crippen LogP contribution >= 0.6 is 0 Å². The summed E-state index contributed by atoms with van der Waals surface area (Å²) in [4.78, 5) is 26.3. The van der Waals surface area contributed by atoms with E-state index in [4.69, 9.17) is 11.0 Å². The Bertz CT molecular complexity index is 666. The van der Waals surface area contributed by atoms with Gasteiger partial charge in [-0.1, -0.05) is 0 Å². The van der Waals surface area contributed by atoms with E-state index in [1.807, 2.05) is 6.07 Å². The Morgan fingerprint density at radius 2 is 2.17 bits per heavy atom. The first-order chi connectivity index (χ1) is 10.8. The number of alkyl halides is 2. The minimum Gasteiger partial charge on any atom is -0.364 e. The SMILES string of the molecule is N#CC1(NC(=O)CCC(F)(F)Cc2ccnc(C(N)=O)c2)CC1. The molecule has 0 aromatic carbocycles. The number of primary amides is 1. The molecule has 2 rings (SSSR count). The monoisotopic (exact) mass is 322 g/mol. The number of aromatic nitrogens is 1. The van der Waals surface area contributed by atoms with Gasteiger partial charge >= 0.3 is 0 Å². The van der Waals surface area contributed by atoms with Crippen molar-refractivity contribution >= 4 is 11.8 Å². The number of pyridine rings is 1. The van der Waals surface area contributed by atoms with Crippen LogP contribution in [0.4, 0.5) is 8.78 Å². The third-order valence-corrected chi connectivity index (χ3v) is 3.60. The maximum absolute atomic E-state index is 14.0. The second-order valence-corrected chi connectivity index (χ2v) is 5.69. The van der Waals surface area contributed by atoms with Gasteiger partial charge in [0.25, 0.3) is 11.8 Å². The molecule has 0 spiro atoms. The van der Waals surface area contributed by atoms with Crippen molar-refractivity contribution in [2.45, 2.75) is 43.6 Å². The maximum atomic E-state index is 14.0. The number of halogens is 2. The lowest BCUT2D eigenvalue weighted by molar-refractivity contribution is -0.123. The van der Waals surface area contributed by atoms with E-state index in [9.17, 15) is 18.4 Å². The quantitative estimate of drug-likeness (QED) is 0.788. The average molecular weight is 322 g/mol. The highest BCUT2D eigenvalue weighted by Crippen LogP contribution is 2.34. The summed E-state index contributed by atoms with van der Waals surface area (Å²) in [5, 5.41) is 11.3. The van der Waals surface area contributed by atoms with Crippen LogP contribution < -0.4 is 11.1 Å². The molecule has 0 unspecified atom stereocenters. The fourth-order valence-corrected chi connectivity index (χ4v) is 2.12. The molecule has 0 radical (unpaired) electrons. The smallest absolute Gasteiger partial charge is 0.267 e. The molecule has 2 amide bonds. The van der Waals surface area contributed by atoms with E-state index in [-0.39, 0.29) is 17.7 Å². The Morgan fingerprint density at radius 3 is 2.74 bits per heavy atom. The molecule has 1 aromatic heterocycles. The van der Waals surface area contributed by atoms with E-state index in [0.29, 0.717) is 12.8 Å². The third kappa shape index (κ3) is 4.71. The van der Waals surface area contributed by atoms with E-state index in [0.717, 1.165) is 0 Å². The number of hydrogen-bond donors (Lipinski definition) is 2. The van der Waals surface area contributed by atoms with Crippen molar-refractivity contribution < 1.29 is 18.4 Å². The van der Waals surface area contributed by atoms with Crippen molar-refractivity contribution in [1.82, 2.24) is 10.3 Å². The molecule has 1 fully saturated rings. The summed E-state index contributed by atoms with van der Waals surface area (Å²) >= 11 is 0. The molecule has 8 heteroatoms. The third-order valence-electron chi connectivity index (χ3n) is 3.60. The Balaban J connectivity index is 1.89. The fourth-order valence-electron chi connectivity index (χ4n) is 2.12. The molecule has 0 bridgehead atoms. The summed E-state index contributed by atoms with van der Waals surface area (Å²) in [6.07, 6.45) is 0.713. The van der Waals surface area contributed by atoms with Crippen molar-refractivity contribution in [1.29, 1.82) is 5.26 Å². The van der Waals surface area contributed by atoms with Crippen LogP contribution in [-0.2, 0) is 11.2 Å². The standard InChI is InChI=1S/C15H16F2N4O2/c16-15(17,3-1-12(22)21-14(9-18)4-5-14)8-10-2-6-20-11(7-10)13(19)23/h2,6-7H,1,3-5,8H2,(H2,19,23)(H,21,22). The van der Waals surface area contributed by atoms with Crippen molar-refractivity contribution in [3.05, 3.63) is 29.6 Å². The van der Waals surface area contributed by atoms with Crippen molar-refractivity contribution in [2.75, 3.05) is 0 Å². The molecule has 1 aromatic rings. The van der Waals surface area contributed by atoms with Crippen LogP contribution in [0.25, 0.3) is 0 Å². The largest absolute Gasteiger partial charge is 0.364 e. The maximum Gasteiger partial charge on any atom is 0.267 e. The van der Waals surface area contributed by atoms with E-state index in [2.05, 4.69) is 10.3 Å². The van der Waals surface area contributed by atoms with Crippen LogP contribution in [-0.4, -0.2) is 28.3 Å². The number of carbonyl (C=O) groups excluding carboxylic acids is 2. The summed E-state index contributed by atoms with van der Waals surface area (Å²) in [5.41, 5.74) is 4.34. The molecule has 1 heterocycles. The van der Waals surface area contributed by atoms with Gasteiger partial charge in [0.15, 0.2) is 0 Å². The number of rotatable bonds is 7. The number of carbonyl (C=O) groups is 2. The molecule has 23 heavy (non-hydrogen) atoms. The zero-order valence-electron chi connectivity index (χ0n) is 12.3. The molecule has 0 saturated heterocycles. The first-order valence-electron chi connectivity index (χ1n) is 7.10. The summed E-state index contributed by atoms with van der Waals surface area (Å²) in [7, 11) is 0. The highest BCUT2D eigenvalue weighted by Gasteiger charge is 2.44. The van der Waals surface area contributed by atoms with Gasteiger partial charge in [-0.25, -0.2) is 8.78 Å². The van der Waals surface area contributed by atoms with Crippen LogP contribution in [0.3, 0.4) is 0 Å². The number of amides is 2. The van der Waals surface area contributed by atoms with Crippen LogP contribution in [0.1, 0.15) is 41.7 Å². The second-order valence-electron chi connectivity index (χ2n) is 5.69. The van der Waals surface area contributed by atoms with Gasteiger partial charge in [0, 0.05) is 25.5 Å². The molecule has 122 valence electrons.